The second-order valence-electron chi connectivity index (χ2n) is 5.61. The van der Waals surface area contributed by atoms with Gasteiger partial charge in [0.05, 0.1) is 12.2 Å². The molecular formula is C19H22N2O2S. The van der Waals surface area contributed by atoms with Crippen LogP contribution < -0.4 is 10.6 Å². The zero-order chi connectivity index (χ0) is 17.5. The molecule has 0 heterocycles. The molecule has 2 rings (SSSR count). The second kappa shape index (κ2) is 8.45. The van der Waals surface area contributed by atoms with Crippen LogP contribution in [0.3, 0.4) is 0 Å². The van der Waals surface area contributed by atoms with Crippen LogP contribution in [-0.2, 0) is 4.74 Å². The van der Waals surface area contributed by atoms with Crippen molar-refractivity contribution in [3.8, 4) is 0 Å². The molecule has 0 fully saturated rings. The molecule has 0 saturated carbocycles. The average molecular weight is 342 g/mol. The summed E-state index contributed by atoms with van der Waals surface area (Å²) in [6, 6.07) is 13.2. The summed E-state index contributed by atoms with van der Waals surface area (Å²) in [5.74, 6) is -0.306. The lowest BCUT2D eigenvalue weighted by Gasteiger charge is -2.13. The van der Waals surface area contributed by atoms with Crippen molar-refractivity contribution in [2.75, 3.05) is 17.2 Å². The van der Waals surface area contributed by atoms with E-state index in [0.717, 1.165) is 23.4 Å². The second-order valence-corrected chi connectivity index (χ2v) is 6.02. The molecule has 0 radical (unpaired) electrons. The molecule has 0 aliphatic rings. The predicted octanol–water partition coefficient (Wildman–Crippen LogP) is 4.68. The third-order valence-electron chi connectivity index (χ3n) is 3.45. The van der Waals surface area contributed by atoms with Crippen LogP contribution in [0.4, 0.5) is 11.4 Å². The first-order valence-electron chi connectivity index (χ1n) is 7.92. The van der Waals surface area contributed by atoms with Gasteiger partial charge in [-0.05, 0) is 68.4 Å². The molecule has 4 nitrogen and oxygen atoms in total. The molecule has 2 aromatic carbocycles. The van der Waals surface area contributed by atoms with Crippen molar-refractivity contribution in [1.29, 1.82) is 0 Å². The normalized spacial score (nSPS) is 10.1. The molecule has 0 aromatic heterocycles. The highest BCUT2D eigenvalue weighted by Gasteiger charge is 2.07. The number of aryl methyl sites for hydroxylation is 2. The minimum atomic E-state index is -0.306. The highest BCUT2D eigenvalue weighted by Crippen LogP contribution is 2.17. The molecule has 126 valence electrons. The van der Waals surface area contributed by atoms with Crippen LogP contribution >= 0.6 is 12.2 Å². The number of ether oxygens (including phenoxy) is 1. The number of esters is 1. The van der Waals surface area contributed by atoms with Crippen molar-refractivity contribution in [3.63, 3.8) is 0 Å². The number of hydrogen-bond donors (Lipinski definition) is 2. The summed E-state index contributed by atoms with van der Waals surface area (Å²) < 4.78 is 5.10. The number of thiocarbonyl (C=S) groups is 1. The first-order chi connectivity index (χ1) is 11.5. The lowest BCUT2D eigenvalue weighted by molar-refractivity contribution is 0.0505. The fraction of sp³-hybridized carbons (Fsp3) is 0.263. The van der Waals surface area contributed by atoms with Gasteiger partial charge in [-0.25, -0.2) is 4.79 Å². The summed E-state index contributed by atoms with van der Waals surface area (Å²) in [5.41, 5.74) is 4.65. The summed E-state index contributed by atoms with van der Waals surface area (Å²) in [5, 5.41) is 6.79. The molecule has 5 heteroatoms. The molecule has 0 unspecified atom stereocenters. The third kappa shape index (κ3) is 5.06. The SMILES string of the molecule is CCCOC(=O)c1ccc(NC(=S)Nc2ccc(C)cc2C)cc1. The van der Waals surface area contributed by atoms with E-state index in [-0.39, 0.29) is 5.97 Å². The standard InChI is InChI=1S/C19H22N2O2S/c1-4-11-23-18(22)15-6-8-16(9-7-15)20-19(24)21-17-10-5-13(2)12-14(17)3/h5-10,12H,4,11H2,1-3H3,(H2,20,21,24). The van der Waals surface area contributed by atoms with E-state index < -0.39 is 0 Å². The van der Waals surface area contributed by atoms with Gasteiger partial charge in [0.15, 0.2) is 5.11 Å². The topological polar surface area (TPSA) is 50.4 Å². The highest BCUT2D eigenvalue weighted by molar-refractivity contribution is 7.80. The molecule has 24 heavy (non-hydrogen) atoms. The largest absolute Gasteiger partial charge is 0.462 e. The maximum Gasteiger partial charge on any atom is 0.338 e. The number of benzene rings is 2. The molecule has 0 amide bonds. The van der Waals surface area contributed by atoms with E-state index in [0.29, 0.717) is 17.3 Å². The predicted molar refractivity (Wildman–Crippen MR) is 103 cm³/mol. The summed E-state index contributed by atoms with van der Waals surface area (Å²) in [4.78, 5) is 11.8. The molecule has 0 bridgehead atoms. The van der Waals surface area contributed by atoms with E-state index in [1.165, 1.54) is 5.56 Å². The van der Waals surface area contributed by atoms with Crippen LogP contribution in [0.15, 0.2) is 42.5 Å². The van der Waals surface area contributed by atoms with Gasteiger partial charge in [0, 0.05) is 11.4 Å². The Balaban J connectivity index is 1.95. The van der Waals surface area contributed by atoms with E-state index in [4.69, 9.17) is 17.0 Å². The van der Waals surface area contributed by atoms with Gasteiger partial charge < -0.3 is 15.4 Å². The van der Waals surface area contributed by atoms with E-state index in [1.54, 1.807) is 24.3 Å². The Hall–Kier alpha value is -2.40. The number of rotatable bonds is 5. The van der Waals surface area contributed by atoms with Crippen LogP contribution in [0.5, 0.6) is 0 Å². The Morgan fingerprint density at radius 2 is 1.79 bits per heavy atom. The highest BCUT2D eigenvalue weighted by atomic mass is 32.1. The summed E-state index contributed by atoms with van der Waals surface area (Å²) in [7, 11) is 0. The summed E-state index contributed by atoms with van der Waals surface area (Å²) in [6.45, 7) is 6.49. The van der Waals surface area contributed by atoms with E-state index in [2.05, 4.69) is 23.6 Å². The van der Waals surface area contributed by atoms with Crippen molar-refractivity contribution in [3.05, 3.63) is 59.2 Å². The molecule has 0 aliphatic heterocycles. The smallest absolute Gasteiger partial charge is 0.338 e. The summed E-state index contributed by atoms with van der Waals surface area (Å²) >= 11 is 5.34. The molecule has 2 aromatic rings. The van der Waals surface area contributed by atoms with Crippen LogP contribution in [0.25, 0.3) is 0 Å². The quantitative estimate of drug-likeness (QED) is 0.610. The lowest BCUT2D eigenvalue weighted by atomic mass is 10.1. The van der Waals surface area contributed by atoms with Crippen molar-refractivity contribution in [2.24, 2.45) is 0 Å². The van der Waals surface area contributed by atoms with Crippen LogP contribution in [0.2, 0.25) is 0 Å². The summed E-state index contributed by atoms with van der Waals surface area (Å²) in [6.07, 6.45) is 0.809. The number of nitrogens with one attached hydrogen (secondary N) is 2. The van der Waals surface area contributed by atoms with Gasteiger partial charge in [0.1, 0.15) is 0 Å². The maximum absolute atomic E-state index is 11.8. The lowest BCUT2D eigenvalue weighted by Crippen LogP contribution is -2.19. The number of carbonyl (C=O) groups is 1. The van der Waals surface area contributed by atoms with Gasteiger partial charge in [-0.3, -0.25) is 0 Å². The first-order valence-corrected chi connectivity index (χ1v) is 8.33. The fourth-order valence-corrected chi connectivity index (χ4v) is 2.43. The minimum absolute atomic E-state index is 0.306. The van der Waals surface area contributed by atoms with Crippen LogP contribution in [-0.4, -0.2) is 17.7 Å². The zero-order valence-electron chi connectivity index (χ0n) is 14.2. The molecule has 0 spiro atoms. The van der Waals surface area contributed by atoms with Crippen molar-refractivity contribution in [2.45, 2.75) is 27.2 Å². The molecule has 0 saturated heterocycles. The van der Waals surface area contributed by atoms with Crippen LogP contribution in [0, 0.1) is 13.8 Å². The Kier molecular flexibility index (Phi) is 6.32. The molecular weight excluding hydrogens is 320 g/mol. The zero-order valence-corrected chi connectivity index (χ0v) is 15.0. The van der Waals surface area contributed by atoms with Gasteiger partial charge in [-0.1, -0.05) is 24.6 Å². The Labute approximate surface area is 148 Å². The van der Waals surface area contributed by atoms with Gasteiger partial charge in [0.2, 0.25) is 0 Å². The van der Waals surface area contributed by atoms with E-state index >= 15 is 0 Å². The van der Waals surface area contributed by atoms with Gasteiger partial charge in [0.25, 0.3) is 0 Å². The number of carbonyl (C=O) groups excluding carboxylic acids is 1. The number of anilines is 2. The van der Waals surface area contributed by atoms with Crippen molar-refractivity contribution in [1.82, 2.24) is 0 Å². The fourth-order valence-electron chi connectivity index (χ4n) is 2.21. The molecule has 0 aliphatic carbocycles. The van der Waals surface area contributed by atoms with E-state index in [1.807, 2.05) is 26.0 Å². The van der Waals surface area contributed by atoms with Crippen molar-refractivity contribution >= 4 is 34.7 Å². The van der Waals surface area contributed by atoms with E-state index in [9.17, 15) is 4.79 Å². The third-order valence-corrected chi connectivity index (χ3v) is 3.65. The molecule has 0 atom stereocenters. The monoisotopic (exact) mass is 342 g/mol. The Morgan fingerprint density at radius 3 is 2.42 bits per heavy atom. The maximum atomic E-state index is 11.8. The number of hydrogen-bond acceptors (Lipinski definition) is 3. The molecule has 2 N–H and O–H groups in total. The van der Waals surface area contributed by atoms with Gasteiger partial charge in [-0.2, -0.15) is 0 Å². The minimum Gasteiger partial charge on any atom is -0.462 e. The average Bonchev–Trinajstić information content (AvgIpc) is 2.56. The van der Waals surface area contributed by atoms with Gasteiger partial charge >= 0.3 is 5.97 Å². The van der Waals surface area contributed by atoms with Crippen molar-refractivity contribution < 1.29 is 9.53 Å². The first kappa shape index (κ1) is 17.9. The Morgan fingerprint density at radius 1 is 1.08 bits per heavy atom. The van der Waals surface area contributed by atoms with Gasteiger partial charge in [-0.15, -0.1) is 0 Å². The Bertz CT molecular complexity index is 727. The van der Waals surface area contributed by atoms with Crippen LogP contribution in [0.1, 0.15) is 34.8 Å².